The van der Waals surface area contributed by atoms with Crippen LogP contribution in [-0.4, -0.2) is 39.2 Å². The zero-order valence-electron chi connectivity index (χ0n) is 17.4. The minimum Gasteiger partial charge on any atom is -0.338 e. The molecule has 0 radical (unpaired) electrons. The summed E-state index contributed by atoms with van der Waals surface area (Å²) in [6, 6.07) is 6.94. The molecular formula is C23H23F2N3O2S. The molecule has 0 spiro atoms. The van der Waals surface area contributed by atoms with E-state index < -0.39 is 11.6 Å². The predicted octanol–water partition coefficient (Wildman–Crippen LogP) is 4.32. The van der Waals surface area contributed by atoms with Gasteiger partial charge < -0.3 is 9.47 Å². The van der Waals surface area contributed by atoms with Gasteiger partial charge in [-0.15, -0.1) is 0 Å². The standard InChI is InChI=1S/C23H23F2N3O2S/c1-3-27-13-18(21(29)16-6-4-14(2)26-22(16)27)23(30)28-9-8-20(31-11-10-28)17-12-15(24)5-7-19(17)25/h4-7,12-13,20H,3,8-11H2,1-2H3. The van der Waals surface area contributed by atoms with Crippen molar-refractivity contribution in [1.82, 2.24) is 14.5 Å². The summed E-state index contributed by atoms with van der Waals surface area (Å²) in [5, 5.41) is 0.173. The summed E-state index contributed by atoms with van der Waals surface area (Å²) in [6.07, 6.45) is 2.06. The topological polar surface area (TPSA) is 55.2 Å². The lowest BCUT2D eigenvalue weighted by molar-refractivity contribution is 0.0764. The number of hydrogen-bond donors (Lipinski definition) is 0. The predicted molar refractivity (Wildman–Crippen MR) is 118 cm³/mol. The van der Waals surface area contributed by atoms with Gasteiger partial charge in [0, 0.05) is 48.1 Å². The van der Waals surface area contributed by atoms with Crippen molar-refractivity contribution in [2.75, 3.05) is 18.8 Å². The minimum absolute atomic E-state index is 0.111. The van der Waals surface area contributed by atoms with Crippen molar-refractivity contribution in [2.24, 2.45) is 0 Å². The van der Waals surface area contributed by atoms with Crippen LogP contribution in [0.25, 0.3) is 11.0 Å². The maximum Gasteiger partial charge on any atom is 0.259 e. The van der Waals surface area contributed by atoms with Crippen molar-refractivity contribution in [3.05, 3.63) is 75.2 Å². The molecule has 31 heavy (non-hydrogen) atoms. The third-order valence-electron chi connectivity index (χ3n) is 5.57. The molecule has 5 nitrogen and oxygen atoms in total. The maximum atomic E-state index is 14.2. The van der Waals surface area contributed by atoms with Gasteiger partial charge in [0.25, 0.3) is 5.91 Å². The Balaban J connectivity index is 1.62. The summed E-state index contributed by atoms with van der Waals surface area (Å²) < 4.78 is 29.6. The van der Waals surface area contributed by atoms with Crippen LogP contribution < -0.4 is 5.43 Å². The number of aryl methyl sites for hydroxylation is 2. The van der Waals surface area contributed by atoms with Crippen molar-refractivity contribution in [3.8, 4) is 0 Å². The SMILES string of the molecule is CCn1cc(C(=O)N2CCSC(c3cc(F)ccc3F)CC2)c(=O)c2ccc(C)nc21. The highest BCUT2D eigenvalue weighted by molar-refractivity contribution is 7.99. The molecule has 2 aromatic heterocycles. The number of nitrogens with zero attached hydrogens (tertiary/aromatic N) is 3. The Hall–Kier alpha value is -2.74. The molecule has 1 saturated heterocycles. The second-order valence-corrected chi connectivity index (χ2v) is 8.90. The molecule has 1 fully saturated rings. The monoisotopic (exact) mass is 443 g/mol. The molecule has 1 aromatic carbocycles. The lowest BCUT2D eigenvalue weighted by Crippen LogP contribution is -2.36. The Bertz CT molecular complexity index is 1210. The van der Waals surface area contributed by atoms with Crippen LogP contribution in [0.15, 0.2) is 41.3 Å². The fourth-order valence-electron chi connectivity index (χ4n) is 3.91. The van der Waals surface area contributed by atoms with E-state index in [1.54, 1.807) is 23.2 Å². The molecule has 0 N–H and O–H groups in total. The molecule has 3 heterocycles. The first kappa shape index (κ1) is 21.5. The van der Waals surface area contributed by atoms with E-state index in [4.69, 9.17) is 0 Å². The summed E-state index contributed by atoms with van der Waals surface area (Å²) in [5.41, 5.74) is 1.47. The molecule has 0 aliphatic carbocycles. The number of amides is 1. The van der Waals surface area contributed by atoms with Gasteiger partial charge in [-0.1, -0.05) is 0 Å². The Morgan fingerprint density at radius 3 is 2.81 bits per heavy atom. The number of thioether (sulfide) groups is 1. The van der Waals surface area contributed by atoms with Crippen LogP contribution in [0, 0.1) is 18.6 Å². The highest BCUT2D eigenvalue weighted by Gasteiger charge is 2.27. The van der Waals surface area contributed by atoms with Gasteiger partial charge in [-0.05, 0) is 50.6 Å². The quantitative estimate of drug-likeness (QED) is 0.605. The second kappa shape index (κ2) is 8.78. The largest absolute Gasteiger partial charge is 0.338 e. The summed E-state index contributed by atoms with van der Waals surface area (Å²) >= 11 is 1.50. The van der Waals surface area contributed by atoms with Gasteiger partial charge in [0.05, 0.1) is 5.39 Å². The zero-order chi connectivity index (χ0) is 22.1. The molecule has 162 valence electrons. The highest BCUT2D eigenvalue weighted by atomic mass is 32.2. The average Bonchev–Trinajstić information content (AvgIpc) is 3.01. The summed E-state index contributed by atoms with van der Waals surface area (Å²) in [7, 11) is 0. The third-order valence-corrected chi connectivity index (χ3v) is 6.88. The van der Waals surface area contributed by atoms with Gasteiger partial charge in [-0.3, -0.25) is 9.59 Å². The van der Waals surface area contributed by atoms with Crippen molar-refractivity contribution in [2.45, 2.75) is 32.1 Å². The number of carbonyl (C=O) groups is 1. The molecule has 3 aromatic rings. The van der Waals surface area contributed by atoms with Crippen LogP contribution in [0.1, 0.15) is 40.2 Å². The molecule has 4 rings (SSSR count). The fourth-order valence-corrected chi connectivity index (χ4v) is 5.15. The maximum absolute atomic E-state index is 14.2. The van der Waals surface area contributed by atoms with Crippen LogP contribution in [0.3, 0.4) is 0 Å². The van der Waals surface area contributed by atoms with Crippen molar-refractivity contribution in [1.29, 1.82) is 0 Å². The number of benzene rings is 1. The summed E-state index contributed by atoms with van der Waals surface area (Å²) in [6.45, 7) is 5.16. The van der Waals surface area contributed by atoms with E-state index in [0.717, 1.165) is 17.8 Å². The van der Waals surface area contributed by atoms with E-state index in [-0.39, 0.29) is 22.1 Å². The van der Waals surface area contributed by atoms with Crippen LogP contribution in [0.4, 0.5) is 8.78 Å². The van der Waals surface area contributed by atoms with Gasteiger partial charge in [0.2, 0.25) is 5.43 Å². The van der Waals surface area contributed by atoms with Gasteiger partial charge in [-0.25, -0.2) is 13.8 Å². The smallest absolute Gasteiger partial charge is 0.259 e. The first-order chi connectivity index (χ1) is 14.9. The average molecular weight is 444 g/mol. The van der Waals surface area contributed by atoms with E-state index in [9.17, 15) is 18.4 Å². The van der Waals surface area contributed by atoms with E-state index in [1.165, 1.54) is 17.8 Å². The number of halogens is 2. The number of fused-ring (bicyclic) bond motifs is 1. The summed E-state index contributed by atoms with van der Waals surface area (Å²) in [5.74, 6) is -0.686. The number of aromatic nitrogens is 2. The fraction of sp³-hybridized carbons (Fsp3) is 0.348. The van der Waals surface area contributed by atoms with E-state index in [2.05, 4.69) is 4.98 Å². The normalized spacial score (nSPS) is 17.0. The molecule has 0 saturated carbocycles. The van der Waals surface area contributed by atoms with Gasteiger partial charge in [-0.2, -0.15) is 11.8 Å². The first-order valence-electron chi connectivity index (χ1n) is 10.3. The van der Waals surface area contributed by atoms with Gasteiger partial charge in [0.15, 0.2) is 0 Å². The van der Waals surface area contributed by atoms with E-state index in [1.807, 2.05) is 18.4 Å². The van der Waals surface area contributed by atoms with Gasteiger partial charge >= 0.3 is 0 Å². The number of pyridine rings is 2. The lowest BCUT2D eigenvalue weighted by atomic mass is 10.1. The summed E-state index contributed by atoms with van der Waals surface area (Å²) in [4.78, 5) is 32.4. The molecule has 8 heteroatoms. The van der Waals surface area contributed by atoms with Crippen LogP contribution in [-0.2, 0) is 6.54 Å². The van der Waals surface area contributed by atoms with Crippen molar-refractivity contribution >= 4 is 28.7 Å². The number of hydrogen-bond acceptors (Lipinski definition) is 4. The molecular weight excluding hydrogens is 420 g/mol. The van der Waals surface area contributed by atoms with E-state index >= 15 is 0 Å². The Morgan fingerprint density at radius 2 is 2.03 bits per heavy atom. The second-order valence-electron chi connectivity index (χ2n) is 7.59. The van der Waals surface area contributed by atoms with Gasteiger partial charge in [0.1, 0.15) is 22.8 Å². The van der Waals surface area contributed by atoms with Crippen LogP contribution in [0.2, 0.25) is 0 Å². The highest BCUT2D eigenvalue weighted by Crippen LogP contribution is 2.36. The van der Waals surface area contributed by atoms with E-state index in [0.29, 0.717) is 48.4 Å². The Morgan fingerprint density at radius 1 is 1.23 bits per heavy atom. The molecule has 1 amide bonds. The number of carbonyl (C=O) groups excluding carboxylic acids is 1. The Kier molecular flexibility index (Phi) is 6.09. The van der Waals surface area contributed by atoms with Crippen LogP contribution in [0.5, 0.6) is 0 Å². The van der Waals surface area contributed by atoms with Crippen molar-refractivity contribution < 1.29 is 13.6 Å². The molecule has 1 aliphatic rings. The molecule has 0 bridgehead atoms. The first-order valence-corrected chi connectivity index (χ1v) is 11.3. The number of rotatable bonds is 3. The molecule has 1 atom stereocenters. The lowest BCUT2D eigenvalue weighted by Gasteiger charge is -2.21. The zero-order valence-corrected chi connectivity index (χ0v) is 18.2. The van der Waals surface area contributed by atoms with Crippen molar-refractivity contribution in [3.63, 3.8) is 0 Å². The minimum atomic E-state index is -0.477. The van der Waals surface area contributed by atoms with Crippen LogP contribution >= 0.6 is 11.8 Å². The Labute approximate surface area is 183 Å². The molecule has 1 aliphatic heterocycles. The third kappa shape index (κ3) is 4.21. The molecule has 1 unspecified atom stereocenters.